The molecule has 0 aliphatic carbocycles. The summed E-state index contributed by atoms with van der Waals surface area (Å²) in [5, 5.41) is 3.59. The van der Waals surface area contributed by atoms with Gasteiger partial charge in [0.2, 0.25) is 0 Å². The lowest BCUT2D eigenvalue weighted by Crippen LogP contribution is -2.51. The van der Waals surface area contributed by atoms with Gasteiger partial charge < -0.3 is 14.8 Å². The number of benzene rings is 1. The molecule has 0 radical (unpaired) electrons. The summed E-state index contributed by atoms with van der Waals surface area (Å²) in [6.45, 7) is 8.22. The summed E-state index contributed by atoms with van der Waals surface area (Å²) in [5.41, 5.74) is 2.40. The number of likely N-dealkylation sites (N-methyl/N-ethyl adjacent to an activating group) is 1. The van der Waals surface area contributed by atoms with E-state index in [9.17, 15) is 0 Å². The highest BCUT2D eigenvalue weighted by molar-refractivity contribution is 9.10. The summed E-state index contributed by atoms with van der Waals surface area (Å²) in [6, 6.07) is 4.61. The van der Waals surface area contributed by atoms with Crippen LogP contribution in [0.2, 0.25) is 0 Å². The van der Waals surface area contributed by atoms with E-state index < -0.39 is 0 Å². The number of fused-ring (bicyclic) bond motifs is 1. The van der Waals surface area contributed by atoms with Crippen LogP contribution in [-0.4, -0.2) is 31.9 Å². The van der Waals surface area contributed by atoms with E-state index in [1.807, 2.05) is 0 Å². The second kappa shape index (κ2) is 7.12. The first-order valence-electron chi connectivity index (χ1n) is 7.76. The van der Waals surface area contributed by atoms with Crippen molar-refractivity contribution in [1.29, 1.82) is 0 Å². The fourth-order valence-corrected chi connectivity index (χ4v) is 3.55. The van der Waals surface area contributed by atoms with Crippen LogP contribution in [0.5, 0.6) is 5.75 Å². The molecule has 0 spiro atoms. The van der Waals surface area contributed by atoms with Crippen molar-refractivity contribution in [3.05, 3.63) is 27.7 Å². The van der Waals surface area contributed by atoms with Crippen LogP contribution in [0.3, 0.4) is 0 Å². The molecule has 0 fully saturated rings. The van der Waals surface area contributed by atoms with E-state index in [4.69, 9.17) is 9.47 Å². The van der Waals surface area contributed by atoms with Crippen molar-refractivity contribution in [2.45, 2.75) is 51.7 Å². The van der Waals surface area contributed by atoms with E-state index in [1.165, 1.54) is 11.1 Å². The van der Waals surface area contributed by atoms with Crippen LogP contribution in [-0.2, 0) is 17.6 Å². The molecule has 4 heteroatoms. The third-order valence-electron chi connectivity index (χ3n) is 4.61. The standard InChI is InChI=1S/C17H26BrNO2/c1-5-17(3,20-4)15(19-6-2)11-13-10-14(18)9-12-7-8-21-16(12)13/h9-10,15,19H,5-8,11H2,1-4H3. The Labute approximate surface area is 136 Å². The van der Waals surface area contributed by atoms with E-state index in [2.05, 4.69) is 54.2 Å². The number of halogens is 1. The topological polar surface area (TPSA) is 30.5 Å². The Morgan fingerprint density at radius 3 is 2.81 bits per heavy atom. The highest BCUT2D eigenvalue weighted by atomic mass is 79.9. The predicted molar refractivity (Wildman–Crippen MR) is 90.2 cm³/mol. The Morgan fingerprint density at radius 1 is 1.43 bits per heavy atom. The third kappa shape index (κ3) is 3.61. The van der Waals surface area contributed by atoms with Crippen LogP contribution >= 0.6 is 15.9 Å². The molecule has 3 nitrogen and oxygen atoms in total. The molecule has 1 aliphatic heterocycles. The van der Waals surface area contributed by atoms with Crippen LogP contribution < -0.4 is 10.1 Å². The van der Waals surface area contributed by atoms with Crippen LogP contribution in [0.1, 0.15) is 38.3 Å². The Kier molecular flexibility index (Phi) is 5.69. The third-order valence-corrected chi connectivity index (χ3v) is 5.06. The molecular formula is C17H26BrNO2. The van der Waals surface area contributed by atoms with Crippen molar-refractivity contribution in [1.82, 2.24) is 5.32 Å². The lowest BCUT2D eigenvalue weighted by atomic mass is 9.87. The van der Waals surface area contributed by atoms with E-state index in [0.29, 0.717) is 0 Å². The Morgan fingerprint density at radius 2 is 2.19 bits per heavy atom. The zero-order valence-electron chi connectivity index (χ0n) is 13.5. The summed E-state index contributed by atoms with van der Waals surface area (Å²) in [5.74, 6) is 1.08. The largest absolute Gasteiger partial charge is 0.493 e. The maximum absolute atomic E-state index is 5.85. The number of rotatable bonds is 7. The van der Waals surface area contributed by atoms with Crippen LogP contribution in [0.15, 0.2) is 16.6 Å². The summed E-state index contributed by atoms with van der Waals surface area (Å²) < 4.78 is 12.8. The minimum atomic E-state index is -0.177. The van der Waals surface area contributed by atoms with Gasteiger partial charge in [0.1, 0.15) is 5.75 Å². The van der Waals surface area contributed by atoms with Crippen molar-refractivity contribution in [2.75, 3.05) is 20.3 Å². The van der Waals surface area contributed by atoms with Crippen LogP contribution in [0.25, 0.3) is 0 Å². The van der Waals surface area contributed by atoms with Gasteiger partial charge in [-0.15, -0.1) is 0 Å². The first-order chi connectivity index (χ1) is 10.0. The summed E-state index contributed by atoms with van der Waals surface area (Å²) >= 11 is 3.62. The number of ether oxygens (including phenoxy) is 2. The molecule has 118 valence electrons. The van der Waals surface area contributed by atoms with Gasteiger partial charge in [-0.25, -0.2) is 0 Å². The highest BCUT2D eigenvalue weighted by Crippen LogP contribution is 2.35. The molecule has 1 aromatic rings. The van der Waals surface area contributed by atoms with Crippen LogP contribution in [0, 0.1) is 0 Å². The Bertz CT molecular complexity index is 486. The summed E-state index contributed by atoms with van der Waals surface area (Å²) in [7, 11) is 1.80. The second-order valence-corrected chi connectivity index (χ2v) is 6.75. The van der Waals surface area contributed by atoms with Gasteiger partial charge in [0, 0.05) is 24.0 Å². The van der Waals surface area contributed by atoms with Gasteiger partial charge in [-0.05, 0) is 49.6 Å². The minimum absolute atomic E-state index is 0.177. The smallest absolute Gasteiger partial charge is 0.125 e. The van der Waals surface area contributed by atoms with Gasteiger partial charge in [0.15, 0.2) is 0 Å². The average molecular weight is 356 g/mol. The van der Waals surface area contributed by atoms with Crippen LogP contribution in [0.4, 0.5) is 0 Å². The van der Waals surface area contributed by atoms with Gasteiger partial charge in [0.25, 0.3) is 0 Å². The molecule has 0 aromatic heterocycles. The van der Waals surface area contributed by atoms with E-state index in [-0.39, 0.29) is 11.6 Å². The fraction of sp³-hybridized carbons (Fsp3) is 0.647. The monoisotopic (exact) mass is 355 g/mol. The number of methoxy groups -OCH3 is 1. The molecule has 1 heterocycles. The first-order valence-corrected chi connectivity index (χ1v) is 8.56. The molecule has 21 heavy (non-hydrogen) atoms. The molecular weight excluding hydrogens is 330 g/mol. The molecule has 0 saturated carbocycles. The predicted octanol–water partition coefficient (Wildman–Crippen LogP) is 3.72. The lowest BCUT2D eigenvalue weighted by molar-refractivity contribution is -0.0284. The van der Waals surface area contributed by atoms with Gasteiger partial charge in [-0.3, -0.25) is 0 Å². The van der Waals surface area contributed by atoms with E-state index in [0.717, 1.165) is 42.6 Å². The normalized spacial score (nSPS) is 18.0. The van der Waals surface area contributed by atoms with Crippen molar-refractivity contribution in [2.24, 2.45) is 0 Å². The maximum atomic E-state index is 5.85. The van der Waals surface area contributed by atoms with Crippen molar-refractivity contribution in [3.8, 4) is 5.75 Å². The molecule has 2 rings (SSSR count). The first kappa shape index (κ1) is 16.8. The van der Waals surface area contributed by atoms with Gasteiger partial charge in [-0.2, -0.15) is 0 Å². The number of hydrogen-bond acceptors (Lipinski definition) is 3. The van der Waals surface area contributed by atoms with Gasteiger partial charge in [-0.1, -0.05) is 29.8 Å². The Balaban J connectivity index is 2.29. The fourth-order valence-electron chi connectivity index (χ4n) is 3.00. The summed E-state index contributed by atoms with van der Waals surface area (Å²) in [6.07, 6.45) is 2.88. The molecule has 2 atom stereocenters. The van der Waals surface area contributed by atoms with Gasteiger partial charge in [0.05, 0.1) is 12.2 Å². The maximum Gasteiger partial charge on any atom is 0.125 e. The summed E-state index contributed by atoms with van der Waals surface area (Å²) in [4.78, 5) is 0. The molecule has 1 aromatic carbocycles. The Hall–Kier alpha value is -0.580. The molecule has 2 unspecified atom stereocenters. The quantitative estimate of drug-likeness (QED) is 0.808. The molecule has 0 amide bonds. The zero-order chi connectivity index (χ0) is 15.5. The zero-order valence-corrected chi connectivity index (χ0v) is 15.0. The van der Waals surface area contributed by atoms with Gasteiger partial charge >= 0.3 is 0 Å². The second-order valence-electron chi connectivity index (χ2n) is 5.84. The molecule has 1 aliphatic rings. The number of nitrogens with one attached hydrogen (secondary N) is 1. The molecule has 1 N–H and O–H groups in total. The van der Waals surface area contributed by atoms with Crippen molar-refractivity contribution < 1.29 is 9.47 Å². The van der Waals surface area contributed by atoms with Crippen molar-refractivity contribution in [3.63, 3.8) is 0 Å². The SMILES string of the molecule is CCNC(Cc1cc(Br)cc2c1OCC2)C(C)(CC)OC. The van der Waals surface area contributed by atoms with Crippen molar-refractivity contribution >= 4 is 15.9 Å². The highest BCUT2D eigenvalue weighted by Gasteiger charge is 2.33. The molecule has 0 bridgehead atoms. The average Bonchev–Trinajstić information content (AvgIpc) is 2.94. The van der Waals surface area contributed by atoms with E-state index in [1.54, 1.807) is 7.11 Å². The number of hydrogen-bond donors (Lipinski definition) is 1. The lowest BCUT2D eigenvalue weighted by Gasteiger charge is -2.36. The molecule has 0 saturated heterocycles. The minimum Gasteiger partial charge on any atom is -0.493 e. The van der Waals surface area contributed by atoms with E-state index >= 15 is 0 Å².